The summed E-state index contributed by atoms with van der Waals surface area (Å²) in [4.78, 5) is 0. The monoisotopic (exact) mass is 518 g/mol. The molecule has 4 rings (SSSR count). The van der Waals surface area contributed by atoms with Gasteiger partial charge in [0.2, 0.25) is 0 Å². The molecule has 0 spiro atoms. The maximum atomic E-state index is 2.36. The summed E-state index contributed by atoms with van der Waals surface area (Å²) in [6.07, 6.45) is 0. The van der Waals surface area contributed by atoms with Gasteiger partial charge in [-0.1, -0.05) is 127 Å². The molecule has 0 N–H and O–H groups in total. The van der Waals surface area contributed by atoms with E-state index in [-0.39, 0.29) is 58.9 Å². The molecule has 0 aromatic heterocycles. The predicted molar refractivity (Wildman–Crippen MR) is 120 cm³/mol. The Morgan fingerprint density at radius 3 is 1.13 bits per heavy atom. The Kier molecular flexibility index (Phi) is 12.3. The van der Waals surface area contributed by atoms with Crippen LogP contribution < -0.4 is 58.0 Å². The summed E-state index contributed by atoms with van der Waals surface area (Å²) in [5.41, 5.74) is 4.24. The van der Waals surface area contributed by atoms with Gasteiger partial charge in [-0.2, -0.15) is 16.7 Å². The fourth-order valence-corrected chi connectivity index (χ4v) is 9.94. The van der Waals surface area contributed by atoms with Gasteiger partial charge in [0.15, 0.2) is 0 Å². The van der Waals surface area contributed by atoms with Crippen LogP contribution in [-0.2, 0) is 21.7 Å². The van der Waals surface area contributed by atoms with E-state index in [1.807, 2.05) is 0 Å². The minimum absolute atomic E-state index is 0. The Morgan fingerprint density at radius 2 is 0.871 bits per heavy atom. The van der Waals surface area contributed by atoms with Crippen molar-refractivity contribution >= 4 is 28.8 Å². The van der Waals surface area contributed by atoms with Crippen molar-refractivity contribution in [1.29, 1.82) is 0 Å². The van der Waals surface area contributed by atoms with E-state index in [9.17, 15) is 0 Å². The van der Waals surface area contributed by atoms with E-state index in [0.29, 0.717) is 0 Å². The zero-order valence-corrected chi connectivity index (χ0v) is 22.7. The zero-order valence-electron chi connectivity index (χ0n) is 17.9. The van der Waals surface area contributed by atoms with Crippen LogP contribution in [0.3, 0.4) is 0 Å². The van der Waals surface area contributed by atoms with Crippen molar-refractivity contribution in [2.75, 3.05) is 0 Å². The van der Waals surface area contributed by atoms with Crippen LogP contribution in [0.2, 0.25) is 0 Å². The van der Waals surface area contributed by atoms with Crippen LogP contribution in [0.25, 0.3) is 0 Å². The first kappa shape index (κ1) is 29.8. The Bertz CT molecular complexity index is 952. The van der Waals surface area contributed by atoms with Gasteiger partial charge >= 0.3 is 21.7 Å². The van der Waals surface area contributed by atoms with Crippen molar-refractivity contribution in [1.82, 2.24) is 0 Å². The van der Waals surface area contributed by atoms with Crippen LogP contribution in [-0.4, -0.2) is 8.07 Å². The zero-order chi connectivity index (χ0) is 18.9. The first-order valence-electron chi connectivity index (χ1n) is 9.56. The molecule has 0 aliphatic heterocycles. The standard InChI is InChI=1S/C26H25Si.3ClH.Ti/c1-20-19-21(2)26(22(20)3)27(23-13-7-4-8-14-23,24-15-9-5-10-16-24)25-17-11-6-12-18-25;;;;/h4-19H,1-3H3;3*1H;/q-1;;;;+4/p-3. The number of aryl methyl sites for hydroxylation is 2. The smallest absolute Gasteiger partial charge is 1.00 e. The maximum Gasteiger partial charge on any atom is 4.00 e. The number of rotatable bonds is 4. The summed E-state index contributed by atoms with van der Waals surface area (Å²) >= 11 is 0. The number of hydrogen-bond donors (Lipinski definition) is 0. The molecule has 0 radical (unpaired) electrons. The molecule has 0 heterocycles. The molecule has 0 atom stereocenters. The van der Waals surface area contributed by atoms with Gasteiger partial charge < -0.3 is 37.2 Å². The molecule has 0 aliphatic rings. The van der Waals surface area contributed by atoms with E-state index in [0.717, 1.165) is 0 Å². The van der Waals surface area contributed by atoms with Gasteiger partial charge in [-0.05, 0) is 0 Å². The average molecular weight is 520 g/mol. The quantitative estimate of drug-likeness (QED) is 0.144. The molecule has 4 aromatic rings. The van der Waals surface area contributed by atoms with Crippen LogP contribution in [0, 0.1) is 20.8 Å². The van der Waals surface area contributed by atoms with Crippen molar-refractivity contribution < 1.29 is 58.9 Å². The number of benzene rings is 3. The first-order valence-corrected chi connectivity index (χ1v) is 11.6. The molecule has 0 saturated carbocycles. The van der Waals surface area contributed by atoms with Crippen LogP contribution in [0.5, 0.6) is 0 Å². The molecule has 158 valence electrons. The van der Waals surface area contributed by atoms with Crippen molar-refractivity contribution in [3.8, 4) is 0 Å². The van der Waals surface area contributed by atoms with E-state index < -0.39 is 8.07 Å². The van der Waals surface area contributed by atoms with Gasteiger partial charge in [0.05, 0.1) is 0 Å². The number of halogens is 3. The molecule has 0 amide bonds. The van der Waals surface area contributed by atoms with E-state index in [4.69, 9.17) is 0 Å². The Balaban J connectivity index is 0.00000225. The SMILES string of the molecule is Cc1cc(C)[c-]([Si](c2ccccc2)(c2ccccc2)c2ccccc2)c1C.[Cl-].[Cl-].[Cl-].[Ti+4]. The van der Waals surface area contributed by atoms with E-state index >= 15 is 0 Å². The molecule has 0 unspecified atom stereocenters. The molecule has 0 bridgehead atoms. The minimum atomic E-state index is -2.37. The van der Waals surface area contributed by atoms with E-state index in [2.05, 4.69) is 118 Å². The molecule has 0 fully saturated rings. The molecule has 0 saturated heterocycles. The summed E-state index contributed by atoms with van der Waals surface area (Å²) in [5.74, 6) is 0. The first-order chi connectivity index (χ1) is 13.2. The summed E-state index contributed by atoms with van der Waals surface area (Å²) in [5, 5.41) is 5.88. The summed E-state index contributed by atoms with van der Waals surface area (Å²) in [7, 11) is -2.37. The van der Waals surface area contributed by atoms with Gasteiger partial charge in [0.25, 0.3) is 0 Å². The van der Waals surface area contributed by atoms with Gasteiger partial charge in [0, 0.05) is 0 Å². The van der Waals surface area contributed by atoms with Crippen LogP contribution in [0.15, 0.2) is 97.1 Å². The molecule has 0 aliphatic carbocycles. The summed E-state index contributed by atoms with van der Waals surface area (Å²) in [6.45, 7) is 6.83. The molecule has 5 heteroatoms. The summed E-state index contributed by atoms with van der Waals surface area (Å²) in [6, 6.07) is 35.8. The predicted octanol–water partition coefficient (Wildman–Crippen LogP) is -5.28. The molecule has 31 heavy (non-hydrogen) atoms. The van der Waals surface area contributed by atoms with E-state index in [1.165, 1.54) is 32.3 Å². The topological polar surface area (TPSA) is 0 Å². The van der Waals surface area contributed by atoms with Crippen LogP contribution >= 0.6 is 0 Å². The third-order valence-electron chi connectivity index (χ3n) is 5.79. The maximum absolute atomic E-state index is 2.37. The minimum Gasteiger partial charge on any atom is -1.00 e. The second-order valence-electron chi connectivity index (χ2n) is 7.36. The van der Waals surface area contributed by atoms with E-state index in [1.54, 1.807) is 5.19 Å². The largest absolute Gasteiger partial charge is 4.00 e. The van der Waals surface area contributed by atoms with Crippen molar-refractivity contribution in [3.63, 3.8) is 0 Å². The second kappa shape index (κ2) is 12.7. The third kappa shape index (κ3) is 5.25. The van der Waals surface area contributed by atoms with Crippen LogP contribution in [0.1, 0.15) is 16.7 Å². The fourth-order valence-electron chi connectivity index (χ4n) is 4.57. The van der Waals surface area contributed by atoms with Gasteiger partial charge in [-0.3, -0.25) is 0 Å². The van der Waals surface area contributed by atoms with Crippen molar-refractivity contribution in [2.24, 2.45) is 0 Å². The van der Waals surface area contributed by atoms with Crippen molar-refractivity contribution in [2.45, 2.75) is 20.8 Å². The average Bonchev–Trinajstić information content (AvgIpc) is 2.98. The fraction of sp³-hybridized carbons (Fsp3) is 0.115. The molecule has 4 aromatic carbocycles. The third-order valence-corrected chi connectivity index (χ3v) is 10.9. The van der Waals surface area contributed by atoms with Crippen molar-refractivity contribution in [3.05, 3.63) is 114 Å². The summed E-state index contributed by atoms with van der Waals surface area (Å²) < 4.78 is 0. The van der Waals surface area contributed by atoms with Crippen LogP contribution in [0.4, 0.5) is 0 Å². The molecular weight excluding hydrogens is 495 g/mol. The van der Waals surface area contributed by atoms with Gasteiger partial charge in [-0.25, -0.2) is 6.07 Å². The Labute approximate surface area is 221 Å². The van der Waals surface area contributed by atoms with Gasteiger partial charge in [0.1, 0.15) is 8.07 Å². The normalized spacial score (nSPS) is 10.0. The molecular formula is C26H25Cl3SiTi. The Morgan fingerprint density at radius 1 is 0.548 bits per heavy atom. The Hall–Kier alpha value is -1.19. The van der Waals surface area contributed by atoms with Gasteiger partial charge in [-0.15, -0.1) is 5.19 Å². The second-order valence-corrected chi connectivity index (χ2v) is 11.1. The number of hydrogen-bond acceptors (Lipinski definition) is 0. The molecule has 0 nitrogen and oxygen atoms in total.